The number of hydrogen-bond donors (Lipinski definition) is 1. The largest absolute Gasteiger partial charge is 0.344 e. The van der Waals surface area contributed by atoms with E-state index in [-0.39, 0.29) is 18.0 Å². The van der Waals surface area contributed by atoms with Crippen LogP contribution >= 0.6 is 0 Å². The first-order valence-corrected chi connectivity index (χ1v) is 8.31. The van der Waals surface area contributed by atoms with Crippen molar-refractivity contribution in [1.29, 1.82) is 0 Å². The standard InChI is InChI=1S/C20H26N2O/c1-4-22(5-2)16(3)20(23)21-19(17-12-8-6-9-13-17)18-14-10-7-11-15-18/h6-16,19H,4-5H2,1-3H3,(H,21,23). The minimum Gasteiger partial charge on any atom is -0.344 e. The van der Waals surface area contributed by atoms with Crippen LogP contribution in [0.5, 0.6) is 0 Å². The number of nitrogens with one attached hydrogen (secondary N) is 1. The lowest BCUT2D eigenvalue weighted by molar-refractivity contribution is -0.126. The molecule has 3 heteroatoms. The van der Waals surface area contributed by atoms with Crippen LogP contribution in [0.4, 0.5) is 0 Å². The van der Waals surface area contributed by atoms with Gasteiger partial charge in [0.1, 0.15) is 0 Å². The molecule has 0 aliphatic heterocycles. The van der Waals surface area contributed by atoms with E-state index in [0.29, 0.717) is 0 Å². The normalized spacial score (nSPS) is 12.4. The molecule has 0 spiro atoms. The number of amides is 1. The number of carbonyl (C=O) groups excluding carboxylic acids is 1. The zero-order valence-electron chi connectivity index (χ0n) is 14.2. The number of hydrogen-bond acceptors (Lipinski definition) is 2. The van der Waals surface area contributed by atoms with Crippen molar-refractivity contribution >= 4 is 5.91 Å². The van der Waals surface area contributed by atoms with Crippen molar-refractivity contribution in [2.45, 2.75) is 32.9 Å². The second kappa shape index (κ2) is 8.49. The third-order valence-corrected chi connectivity index (χ3v) is 4.29. The van der Waals surface area contributed by atoms with Crippen LogP contribution in [0.3, 0.4) is 0 Å². The summed E-state index contributed by atoms with van der Waals surface area (Å²) < 4.78 is 0. The molecule has 0 aromatic heterocycles. The molecule has 0 heterocycles. The molecule has 0 bridgehead atoms. The van der Waals surface area contributed by atoms with Gasteiger partial charge in [0.05, 0.1) is 12.1 Å². The molecule has 122 valence electrons. The highest BCUT2D eigenvalue weighted by Gasteiger charge is 2.23. The zero-order chi connectivity index (χ0) is 16.7. The van der Waals surface area contributed by atoms with Crippen molar-refractivity contribution in [2.75, 3.05) is 13.1 Å². The molecule has 1 unspecified atom stereocenters. The molecular weight excluding hydrogens is 284 g/mol. The lowest BCUT2D eigenvalue weighted by Crippen LogP contribution is -2.46. The number of nitrogens with zero attached hydrogens (tertiary/aromatic N) is 1. The lowest BCUT2D eigenvalue weighted by Gasteiger charge is -2.28. The van der Waals surface area contributed by atoms with Gasteiger partial charge in [-0.1, -0.05) is 74.5 Å². The van der Waals surface area contributed by atoms with Crippen molar-refractivity contribution in [1.82, 2.24) is 10.2 Å². The third-order valence-electron chi connectivity index (χ3n) is 4.29. The van der Waals surface area contributed by atoms with Gasteiger partial charge in [-0.3, -0.25) is 9.69 Å². The summed E-state index contributed by atoms with van der Waals surface area (Å²) in [5.41, 5.74) is 2.19. The number of rotatable bonds is 7. The summed E-state index contributed by atoms with van der Waals surface area (Å²) in [5, 5.41) is 3.22. The highest BCUT2D eigenvalue weighted by Crippen LogP contribution is 2.22. The average molecular weight is 310 g/mol. The van der Waals surface area contributed by atoms with Crippen LogP contribution in [0.1, 0.15) is 37.9 Å². The Kier molecular flexibility index (Phi) is 6.36. The first-order valence-electron chi connectivity index (χ1n) is 8.31. The van der Waals surface area contributed by atoms with Crippen LogP contribution in [-0.4, -0.2) is 29.9 Å². The van der Waals surface area contributed by atoms with Gasteiger partial charge in [-0.25, -0.2) is 0 Å². The fourth-order valence-electron chi connectivity index (χ4n) is 2.85. The molecule has 2 aromatic carbocycles. The molecule has 0 fully saturated rings. The van der Waals surface area contributed by atoms with Gasteiger partial charge < -0.3 is 5.32 Å². The topological polar surface area (TPSA) is 32.3 Å². The first-order chi connectivity index (χ1) is 11.2. The molecule has 0 aliphatic rings. The molecule has 0 aliphatic carbocycles. The SMILES string of the molecule is CCN(CC)C(C)C(=O)NC(c1ccccc1)c1ccccc1. The van der Waals surface area contributed by atoms with E-state index in [4.69, 9.17) is 0 Å². The number of likely N-dealkylation sites (N-methyl/N-ethyl adjacent to an activating group) is 1. The Morgan fingerprint density at radius 2 is 1.35 bits per heavy atom. The van der Waals surface area contributed by atoms with E-state index < -0.39 is 0 Å². The first kappa shape index (κ1) is 17.2. The average Bonchev–Trinajstić information content (AvgIpc) is 2.62. The Bertz CT molecular complexity index is 554. The summed E-state index contributed by atoms with van der Waals surface area (Å²) in [5.74, 6) is 0.0615. The molecule has 2 rings (SSSR count). The monoisotopic (exact) mass is 310 g/mol. The van der Waals surface area contributed by atoms with Crippen molar-refractivity contribution < 1.29 is 4.79 Å². The second-order valence-corrected chi connectivity index (χ2v) is 5.66. The summed E-state index contributed by atoms with van der Waals surface area (Å²) in [6.45, 7) is 7.87. The van der Waals surface area contributed by atoms with E-state index >= 15 is 0 Å². The van der Waals surface area contributed by atoms with Crippen molar-refractivity contribution in [2.24, 2.45) is 0 Å². The van der Waals surface area contributed by atoms with Crippen LogP contribution in [0.25, 0.3) is 0 Å². The predicted molar refractivity (Wildman–Crippen MR) is 95.3 cm³/mol. The molecule has 0 saturated carbocycles. The van der Waals surface area contributed by atoms with Gasteiger partial charge in [-0.2, -0.15) is 0 Å². The maximum atomic E-state index is 12.7. The highest BCUT2D eigenvalue weighted by atomic mass is 16.2. The molecular formula is C20H26N2O. The minimum atomic E-state index is -0.139. The van der Waals surface area contributed by atoms with Crippen molar-refractivity contribution in [3.63, 3.8) is 0 Å². The van der Waals surface area contributed by atoms with Crippen LogP contribution in [0.2, 0.25) is 0 Å². The Morgan fingerprint density at radius 3 is 1.74 bits per heavy atom. The van der Waals surface area contributed by atoms with Gasteiger partial charge >= 0.3 is 0 Å². The summed E-state index contributed by atoms with van der Waals surface area (Å²) in [7, 11) is 0. The zero-order valence-corrected chi connectivity index (χ0v) is 14.2. The van der Waals surface area contributed by atoms with Crippen molar-refractivity contribution in [3.05, 3.63) is 71.8 Å². The smallest absolute Gasteiger partial charge is 0.237 e. The molecule has 0 radical (unpaired) electrons. The van der Waals surface area contributed by atoms with Gasteiger partial charge in [0, 0.05) is 0 Å². The fraction of sp³-hybridized carbons (Fsp3) is 0.350. The molecule has 3 nitrogen and oxygen atoms in total. The van der Waals surface area contributed by atoms with E-state index in [0.717, 1.165) is 24.2 Å². The number of carbonyl (C=O) groups is 1. The molecule has 0 saturated heterocycles. The van der Waals surface area contributed by atoms with Gasteiger partial charge in [0.2, 0.25) is 5.91 Å². The lowest BCUT2D eigenvalue weighted by atomic mass is 9.98. The summed E-state index contributed by atoms with van der Waals surface area (Å²) in [6, 6.07) is 20.0. The predicted octanol–water partition coefficient (Wildman–Crippen LogP) is 3.62. The van der Waals surface area contributed by atoms with E-state index in [1.165, 1.54) is 0 Å². The van der Waals surface area contributed by atoms with Crippen LogP contribution in [-0.2, 0) is 4.79 Å². The Labute approximate surface area is 139 Å². The summed E-state index contributed by atoms with van der Waals surface area (Å²) in [6.07, 6.45) is 0. The maximum Gasteiger partial charge on any atom is 0.237 e. The summed E-state index contributed by atoms with van der Waals surface area (Å²) in [4.78, 5) is 14.9. The Morgan fingerprint density at radius 1 is 0.913 bits per heavy atom. The minimum absolute atomic E-state index is 0.0615. The quantitative estimate of drug-likeness (QED) is 0.847. The summed E-state index contributed by atoms with van der Waals surface area (Å²) >= 11 is 0. The van der Waals surface area contributed by atoms with Gasteiger partial charge in [-0.05, 0) is 31.1 Å². The van der Waals surface area contributed by atoms with Gasteiger partial charge in [0.15, 0.2) is 0 Å². The van der Waals surface area contributed by atoms with Crippen LogP contribution in [0.15, 0.2) is 60.7 Å². The molecule has 1 amide bonds. The van der Waals surface area contributed by atoms with Gasteiger partial charge in [0.25, 0.3) is 0 Å². The van der Waals surface area contributed by atoms with E-state index in [9.17, 15) is 4.79 Å². The molecule has 1 atom stereocenters. The van der Waals surface area contributed by atoms with Crippen LogP contribution < -0.4 is 5.32 Å². The van der Waals surface area contributed by atoms with Crippen molar-refractivity contribution in [3.8, 4) is 0 Å². The molecule has 1 N–H and O–H groups in total. The number of benzene rings is 2. The van der Waals surface area contributed by atoms with E-state index in [2.05, 4.69) is 48.3 Å². The highest BCUT2D eigenvalue weighted by molar-refractivity contribution is 5.82. The maximum absolute atomic E-state index is 12.7. The molecule has 23 heavy (non-hydrogen) atoms. The Balaban J connectivity index is 2.24. The van der Waals surface area contributed by atoms with Gasteiger partial charge in [-0.15, -0.1) is 0 Å². The van der Waals surface area contributed by atoms with E-state index in [1.807, 2.05) is 43.3 Å². The Hall–Kier alpha value is -2.13. The van der Waals surface area contributed by atoms with E-state index in [1.54, 1.807) is 0 Å². The third kappa shape index (κ3) is 4.42. The van der Waals surface area contributed by atoms with Crippen LogP contribution in [0, 0.1) is 0 Å². The fourth-order valence-corrected chi connectivity index (χ4v) is 2.85. The second-order valence-electron chi connectivity index (χ2n) is 5.66. The molecule has 2 aromatic rings.